The number of anilines is 1. The third-order valence-corrected chi connectivity index (χ3v) is 4.16. The van der Waals surface area contributed by atoms with Gasteiger partial charge >= 0.3 is 6.03 Å². The molecule has 1 aliphatic carbocycles. The number of benzene rings is 1. The zero-order valence-electron chi connectivity index (χ0n) is 11.9. The molecule has 110 valence electrons. The van der Waals surface area contributed by atoms with Gasteiger partial charge in [-0.3, -0.25) is 0 Å². The first-order chi connectivity index (χ1) is 9.44. The summed E-state index contributed by atoms with van der Waals surface area (Å²) < 4.78 is 13.2. The van der Waals surface area contributed by atoms with Crippen LogP contribution in [-0.4, -0.2) is 23.8 Å². The summed E-state index contributed by atoms with van der Waals surface area (Å²) in [4.78, 5) is 12.0. The van der Waals surface area contributed by atoms with Crippen molar-refractivity contribution in [1.29, 1.82) is 0 Å². The highest BCUT2D eigenvalue weighted by molar-refractivity contribution is 5.89. The number of rotatable bonds is 3. The number of nitrogens with one attached hydrogen (secondary N) is 2. The van der Waals surface area contributed by atoms with Crippen LogP contribution < -0.4 is 10.6 Å². The van der Waals surface area contributed by atoms with E-state index in [1.807, 2.05) is 6.92 Å². The van der Waals surface area contributed by atoms with Crippen molar-refractivity contribution >= 4 is 11.7 Å². The van der Waals surface area contributed by atoms with Crippen molar-refractivity contribution in [3.8, 4) is 0 Å². The Kier molecular flexibility index (Phi) is 4.28. The summed E-state index contributed by atoms with van der Waals surface area (Å²) in [7, 11) is 0. The second-order valence-electron chi connectivity index (χ2n) is 5.82. The summed E-state index contributed by atoms with van der Waals surface area (Å²) in [6.07, 6.45) is 2.77. The Morgan fingerprint density at radius 1 is 1.55 bits per heavy atom. The molecule has 0 aliphatic heterocycles. The van der Waals surface area contributed by atoms with Gasteiger partial charge in [-0.05, 0) is 43.5 Å². The lowest BCUT2D eigenvalue weighted by atomic mass is 9.86. The summed E-state index contributed by atoms with van der Waals surface area (Å²) in [5, 5.41) is 15.1. The predicted molar refractivity (Wildman–Crippen MR) is 76.1 cm³/mol. The lowest BCUT2D eigenvalue weighted by molar-refractivity contribution is 0.122. The zero-order valence-corrected chi connectivity index (χ0v) is 11.9. The topological polar surface area (TPSA) is 61.4 Å². The molecule has 0 heterocycles. The normalized spacial score (nSPS) is 25.5. The number of aryl methyl sites for hydroxylation is 1. The number of hydrogen-bond donors (Lipinski definition) is 3. The fourth-order valence-electron chi connectivity index (χ4n) is 2.72. The Hall–Kier alpha value is -1.62. The molecule has 1 aromatic carbocycles. The van der Waals surface area contributed by atoms with E-state index in [4.69, 9.17) is 0 Å². The van der Waals surface area contributed by atoms with Gasteiger partial charge in [-0.2, -0.15) is 0 Å². The molecule has 0 bridgehead atoms. The second kappa shape index (κ2) is 5.79. The van der Waals surface area contributed by atoms with Gasteiger partial charge in [0.15, 0.2) is 0 Å². The number of carbonyl (C=O) groups is 1. The molecule has 0 aromatic heterocycles. The molecule has 20 heavy (non-hydrogen) atoms. The van der Waals surface area contributed by atoms with Crippen LogP contribution in [0.4, 0.5) is 14.9 Å². The minimum Gasteiger partial charge on any atom is -0.396 e. The molecule has 1 saturated carbocycles. The van der Waals surface area contributed by atoms with Gasteiger partial charge in [0.25, 0.3) is 0 Å². The van der Waals surface area contributed by atoms with E-state index in [0.29, 0.717) is 11.3 Å². The summed E-state index contributed by atoms with van der Waals surface area (Å²) in [6.45, 7) is 3.69. The Morgan fingerprint density at radius 3 is 2.95 bits per heavy atom. The van der Waals surface area contributed by atoms with E-state index < -0.39 is 0 Å². The van der Waals surface area contributed by atoms with Gasteiger partial charge in [0, 0.05) is 17.1 Å². The molecule has 2 atom stereocenters. The molecule has 1 aliphatic rings. The van der Waals surface area contributed by atoms with Crippen LogP contribution in [-0.2, 0) is 0 Å². The Balaban J connectivity index is 1.97. The highest BCUT2D eigenvalue weighted by Crippen LogP contribution is 2.37. The molecule has 0 radical (unpaired) electrons. The van der Waals surface area contributed by atoms with Gasteiger partial charge in [0.05, 0.1) is 6.61 Å². The largest absolute Gasteiger partial charge is 0.396 e. The van der Waals surface area contributed by atoms with Gasteiger partial charge in [-0.25, -0.2) is 9.18 Å². The van der Waals surface area contributed by atoms with Crippen LogP contribution in [0.3, 0.4) is 0 Å². The van der Waals surface area contributed by atoms with Crippen molar-refractivity contribution in [2.45, 2.75) is 39.2 Å². The fourth-order valence-corrected chi connectivity index (χ4v) is 2.72. The van der Waals surface area contributed by atoms with Gasteiger partial charge in [0.2, 0.25) is 0 Å². The molecular formula is C15H21FN2O2. The molecule has 2 unspecified atom stereocenters. The molecule has 2 rings (SSSR count). The standard InChI is InChI=1S/C15H21FN2O2/c1-10-8-11(5-6-12(10)16)17-14(20)18-13-4-3-7-15(13,2)9-19/h5-6,8,13,19H,3-4,7,9H2,1-2H3,(H2,17,18,20). The average molecular weight is 280 g/mol. The molecule has 0 saturated heterocycles. The van der Waals surface area contributed by atoms with Crippen LogP contribution in [0.25, 0.3) is 0 Å². The maximum absolute atomic E-state index is 13.2. The van der Waals surface area contributed by atoms with E-state index in [1.54, 1.807) is 13.0 Å². The summed E-state index contributed by atoms with van der Waals surface area (Å²) >= 11 is 0. The molecule has 4 nitrogen and oxygen atoms in total. The number of halogens is 1. The van der Waals surface area contributed by atoms with Crippen LogP contribution in [0.1, 0.15) is 31.7 Å². The monoisotopic (exact) mass is 280 g/mol. The van der Waals surface area contributed by atoms with Crippen molar-refractivity contribution in [3.05, 3.63) is 29.6 Å². The molecule has 0 spiro atoms. The maximum Gasteiger partial charge on any atom is 0.319 e. The van der Waals surface area contributed by atoms with Gasteiger partial charge in [-0.1, -0.05) is 13.3 Å². The third-order valence-electron chi connectivity index (χ3n) is 4.16. The van der Waals surface area contributed by atoms with Crippen LogP contribution >= 0.6 is 0 Å². The smallest absolute Gasteiger partial charge is 0.319 e. The van der Waals surface area contributed by atoms with Crippen LogP contribution in [0, 0.1) is 18.2 Å². The highest BCUT2D eigenvalue weighted by Gasteiger charge is 2.39. The van der Waals surface area contributed by atoms with Crippen molar-refractivity contribution in [2.75, 3.05) is 11.9 Å². The molecule has 3 N–H and O–H groups in total. The first-order valence-corrected chi connectivity index (χ1v) is 6.89. The minimum absolute atomic E-state index is 0.0333. The lowest BCUT2D eigenvalue weighted by Gasteiger charge is -2.30. The van der Waals surface area contributed by atoms with Gasteiger partial charge in [-0.15, -0.1) is 0 Å². The first-order valence-electron chi connectivity index (χ1n) is 6.89. The lowest BCUT2D eigenvalue weighted by Crippen LogP contribution is -2.46. The van der Waals surface area contributed by atoms with E-state index in [0.717, 1.165) is 19.3 Å². The number of aliphatic hydroxyl groups excluding tert-OH is 1. The number of urea groups is 1. The van der Waals surface area contributed by atoms with E-state index >= 15 is 0 Å². The number of aliphatic hydroxyl groups is 1. The Bertz CT molecular complexity index is 507. The van der Waals surface area contributed by atoms with Crippen LogP contribution in [0.15, 0.2) is 18.2 Å². The molecule has 2 amide bonds. The van der Waals surface area contributed by atoms with Crippen LogP contribution in [0.2, 0.25) is 0 Å². The van der Waals surface area contributed by atoms with Crippen molar-refractivity contribution < 1.29 is 14.3 Å². The summed E-state index contributed by atoms with van der Waals surface area (Å²) in [5.41, 5.74) is 0.796. The van der Waals surface area contributed by atoms with Crippen molar-refractivity contribution in [3.63, 3.8) is 0 Å². The average Bonchev–Trinajstić information content (AvgIpc) is 2.76. The quantitative estimate of drug-likeness (QED) is 0.797. The number of hydrogen-bond acceptors (Lipinski definition) is 2. The Labute approximate surface area is 118 Å². The fraction of sp³-hybridized carbons (Fsp3) is 0.533. The van der Waals surface area contributed by atoms with Gasteiger partial charge < -0.3 is 15.7 Å². The molecule has 5 heteroatoms. The molecule has 1 fully saturated rings. The zero-order chi connectivity index (χ0) is 14.8. The third kappa shape index (κ3) is 3.10. The highest BCUT2D eigenvalue weighted by atomic mass is 19.1. The maximum atomic E-state index is 13.2. The second-order valence-corrected chi connectivity index (χ2v) is 5.82. The summed E-state index contributed by atoms with van der Waals surface area (Å²) in [6, 6.07) is 4.10. The van der Waals surface area contributed by atoms with E-state index in [2.05, 4.69) is 10.6 Å². The van der Waals surface area contributed by atoms with E-state index in [-0.39, 0.29) is 29.9 Å². The predicted octanol–water partition coefficient (Wildman–Crippen LogP) is 2.81. The summed E-state index contributed by atoms with van der Waals surface area (Å²) in [5.74, 6) is -0.292. The van der Waals surface area contributed by atoms with E-state index in [1.165, 1.54) is 12.1 Å². The molecular weight excluding hydrogens is 259 g/mol. The van der Waals surface area contributed by atoms with Crippen molar-refractivity contribution in [2.24, 2.45) is 5.41 Å². The van der Waals surface area contributed by atoms with Crippen molar-refractivity contribution in [1.82, 2.24) is 5.32 Å². The number of carbonyl (C=O) groups excluding carboxylic acids is 1. The van der Waals surface area contributed by atoms with Gasteiger partial charge in [0.1, 0.15) is 5.82 Å². The first kappa shape index (κ1) is 14.8. The number of amides is 2. The van der Waals surface area contributed by atoms with E-state index in [9.17, 15) is 14.3 Å². The van der Waals surface area contributed by atoms with Crippen LogP contribution in [0.5, 0.6) is 0 Å². The minimum atomic E-state index is -0.317. The Morgan fingerprint density at radius 2 is 2.30 bits per heavy atom. The molecule has 1 aromatic rings. The SMILES string of the molecule is Cc1cc(NC(=O)NC2CCCC2(C)CO)ccc1F.